The molecule has 0 aliphatic heterocycles. The molecular formula is C14H20O2. The van der Waals surface area contributed by atoms with E-state index in [2.05, 4.69) is 20.8 Å². The minimum Gasteiger partial charge on any atom is -0.462 e. The van der Waals surface area contributed by atoms with E-state index in [1.54, 1.807) is 6.07 Å². The van der Waals surface area contributed by atoms with Crippen LogP contribution in [0.1, 0.15) is 43.6 Å². The van der Waals surface area contributed by atoms with Gasteiger partial charge in [-0.2, -0.15) is 0 Å². The lowest BCUT2D eigenvalue weighted by molar-refractivity contribution is 0.0526. The molecular weight excluding hydrogens is 200 g/mol. The molecule has 0 N–H and O–H groups in total. The van der Waals surface area contributed by atoms with Crippen LogP contribution in [0.25, 0.3) is 0 Å². The van der Waals surface area contributed by atoms with Crippen molar-refractivity contribution in [2.45, 2.75) is 34.1 Å². The fourth-order valence-corrected chi connectivity index (χ4v) is 1.64. The van der Waals surface area contributed by atoms with E-state index in [4.69, 9.17) is 4.74 Å². The summed E-state index contributed by atoms with van der Waals surface area (Å²) in [6.45, 7) is 8.79. The summed E-state index contributed by atoms with van der Waals surface area (Å²) in [6.07, 6.45) is 0.959. The van der Waals surface area contributed by atoms with E-state index >= 15 is 0 Å². The Bertz CT molecular complexity index is 361. The van der Waals surface area contributed by atoms with Crippen molar-refractivity contribution in [3.63, 3.8) is 0 Å². The van der Waals surface area contributed by atoms with Crippen LogP contribution < -0.4 is 0 Å². The molecule has 0 atom stereocenters. The summed E-state index contributed by atoms with van der Waals surface area (Å²) in [5.74, 6) is -0.238. The predicted molar refractivity (Wildman–Crippen MR) is 65.6 cm³/mol. The van der Waals surface area contributed by atoms with Crippen molar-refractivity contribution in [3.05, 3.63) is 35.4 Å². The van der Waals surface area contributed by atoms with Crippen LogP contribution in [0.2, 0.25) is 0 Å². The molecule has 0 bridgehead atoms. The molecule has 0 unspecified atom stereocenters. The minimum absolute atomic E-state index is 0.229. The number of hydrogen-bond acceptors (Lipinski definition) is 2. The molecule has 0 aromatic heterocycles. The van der Waals surface area contributed by atoms with E-state index in [1.807, 2.05) is 25.1 Å². The lowest BCUT2D eigenvalue weighted by Crippen LogP contribution is -2.10. The molecule has 1 aromatic rings. The zero-order valence-electron chi connectivity index (χ0n) is 10.5. The van der Waals surface area contributed by atoms with Crippen molar-refractivity contribution in [2.24, 2.45) is 5.41 Å². The second-order valence-electron chi connectivity index (χ2n) is 5.16. The van der Waals surface area contributed by atoms with Gasteiger partial charge >= 0.3 is 5.97 Å². The Hall–Kier alpha value is -1.31. The molecule has 16 heavy (non-hydrogen) atoms. The van der Waals surface area contributed by atoms with Crippen molar-refractivity contribution >= 4 is 5.97 Å². The number of esters is 1. The molecule has 0 saturated heterocycles. The van der Waals surface area contributed by atoms with Crippen LogP contribution in [0.15, 0.2) is 24.3 Å². The maximum atomic E-state index is 11.5. The number of rotatable bonds is 3. The summed E-state index contributed by atoms with van der Waals surface area (Å²) in [7, 11) is 0. The van der Waals surface area contributed by atoms with Gasteiger partial charge in [-0.25, -0.2) is 4.79 Å². The summed E-state index contributed by atoms with van der Waals surface area (Å²) in [5.41, 5.74) is 2.05. The fourth-order valence-electron chi connectivity index (χ4n) is 1.64. The molecule has 0 aliphatic rings. The SMILES string of the molecule is CCOC(=O)c1cccc(CC(C)(C)C)c1. The van der Waals surface area contributed by atoms with Gasteiger partial charge in [0.15, 0.2) is 0 Å². The van der Waals surface area contributed by atoms with E-state index in [0.717, 1.165) is 6.42 Å². The largest absolute Gasteiger partial charge is 0.462 e. The van der Waals surface area contributed by atoms with E-state index in [9.17, 15) is 4.79 Å². The van der Waals surface area contributed by atoms with E-state index in [0.29, 0.717) is 12.2 Å². The third kappa shape index (κ3) is 4.05. The van der Waals surface area contributed by atoms with Gasteiger partial charge in [0.25, 0.3) is 0 Å². The second kappa shape index (κ2) is 5.15. The highest BCUT2D eigenvalue weighted by atomic mass is 16.5. The second-order valence-corrected chi connectivity index (χ2v) is 5.16. The van der Waals surface area contributed by atoms with Crippen molar-refractivity contribution < 1.29 is 9.53 Å². The number of benzene rings is 1. The third-order valence-electron chi connectivity index (χ3n) is 2.17. The first-order valence-corrected chi connectivity index (χ1v) is 5.68. The lowest BCUT2D eigenvalue weighted by Gasteiger charge is -2.18. The summed E-state index contributed by atoms with van der Waals surface area (Å²) in [4.78, 5) is 11.5. The van der Waals surface area contributed by atoms with Gasteiger partial charge in [-0.1, -0.05) is 32.9 Å². The molecule has 1 rings (SSSR count). The summed E-state index contributed by atoms with van der Waals surface area (Å²) in [6, 6.07) is 7.68. The van der Waals surface area contributed by atoms with Crippen LogP contribution in [0.5, 0.6) is 0 Å². The normalized spacial score (nSPS) is 11.2. The quantitative estimate of drug-likeness (QED) is 0.729. The summed E-state index contributed by atoms with van der Waals surface area (Å²) in [5, 5.41) is 0. The molecule has 0 fully saturated rings. The van der Waals surface area contributed by atoms with Gasteiger partial charge in [0, 0.05) is 0 Å². The van der Waals surface area contributed by atoms with Crippen LogP contribution in [0.4, 0.5) is 0 Å². The van der Waals surface area contributed by atoms with Crippen LogP contribution >= 0.6 is 0 Å². The molecule has 0 radical (unpaired) electrons. The first kappa shape index (κ1) is 12.8. The van der Waals surface area contributed by atoms with Gasteiger partial charge in [-0.15, -0.1) is 0 Å². The fraction of sp³-hybridized carbons (Fsp3) is 0.500. The zero-order valence-corrected chi connectivity index (χ0v) is 10.5. The number of ether oxygens (including phenoxy) is 1. The van der Waals surface area contributed by atoms with E-state index < -0.39 is 0 Å². The smallest absolute Gasteiger partial charge is 0.338 e. The van der Waals surface area contributed by atoms with Crippen molar-refractivity contribution in [1.82, 2.24) is 0 Å². The van der Waals surface area contributed by atoms with E-state index in [1.165, 1.54) is 5.56 Å². The van der Waals surface area contributed by atoms with Gasteiger partial charge < -0.3 is 4.74 Å². The molecule has 0 amide bonds. The molecule has 2 heteroatoms. The average Bonchev–Trinajstić information content (AvgIpc) is 2.16. The highest BCUT2D eigenvalue weighted by Crippen LogP contribution is 2.21. The monoisotopic (exact) mass is 220 g/mol. The first-order valence-electron chi connectivity index (χ1n) is 5.68. The number of carbonyl (C=O) groups is 1. The molecule has 2 nitrogen and oxygen atoms in total. The van der Waals surface area contributed by atoms with Crippen molar-refractivity contribution in [1.29, 1.82) is 0 Å². The zero-order chi connectivity index (χ0) is 12.2. The van der Waals surface area contributed by atoms with Gasteiger partial charge in [-0.05, 0) is 36.5 Å². The highest BCUT2D eigenvalue weighted by molar-refractivity contribution is 5.89. The molecule has 88 valence electrons. The van der Waals surface area contributed by atoms with Crippen molar-refractivity contribution in [2.75, 3.05) is 6.61 Å². The van der Waals surface area contributed by atoms with Gasteiger partial charge in [-0.3, -0.25) is 0 Å². The number of hydrogen-bond donors (Lipinski definition) is 0. The van der Waals surface area contributed by atoms with Gasteiger partial charge in [0.2, 0.25) is 0 Å². The molecule has 0 spiro atoms. The molecule has 0 saturated carbocycles. The first-order chi connectivity index (χ1) is 7.42. The maximum Gasteiger partial charge on any atom is 0.338 e. The number of carbonyl (C=O) groups excluding carboxylic acids is 1. The Morgan fingerprint density at radius 2 is 2.00 bits per heavy atom. The average molecular weight is 220 g/mol. The Labute approximate surface area is 97.6 Å². The minimum atomic E-state index is -0.238. The summed E-state index contributed by atoms with van der Waals surface area (Å²) >= 11 is 0. The molecule has 0 heterocycles. The van der Waals surface area contributed by atoms with Crippen LogP contribution in [0, 0.1) is 5.41 Å². The van der Waals surface area contributed by atoms with Crippen LogP contribution in [-0.4, -0.2) is 12.6 Å². The van der Waals surface area contributed by atoms with Gasteiger partial charge in [0.1, 0.15) is 0 Å². The van der Waals surface area contributed by atoms with Crippen LogP contribution in [-0.2, 0) is 11.2 Å². The van der Waals surface area contributed by atoms with E-state index in [-0.39, 0.29) is 11.4 Å². The predicted octanol–water partition coefficient (Wildman–Crippen LogP) is 3.45. The van der Waals surface area contributed by atoms with Crippen molar-refractivity contribution in [3.8, 4) is 0 Å². The Kier molecular flexibility index (Phi) is 4.11. The summed E-state index contributed by atoms with van der Waals surface area (Å²) < 4.78 is 4.97. The Morgan fingerprint density at radius 3 is 2.56 bits per heavy atom. The van der Waals surface area contributed by atoms with Gasteiger partial charge in [0.05, 0.1) is 12.2 Å². The topological polar surface area (TPSA) is 26.3 Å². The molecule has 0 aliphatic carbocycles. The highest BCUT2D eigenvalue weighted by Gasteiger charge is 2.13. The van der Waals surface area contributed by atoms with Crippen LogP contribution in [0.3, 0.4) is 0 Å². The lowest BCUT2D eigenvalue weighted by atomic mass is 9.88. The molecule has 1 aromatic carbocycles. The third-order valence-corrected chi connectivity index (χ3v) is 2.17. The maximum absolute atomic E-state index is 11.5. The standard InChI is InChI=1S/C14H20O2/c1-5-16-13(15)12-8-6-7-11(9-12)10-14(2,3)4/h6-9H,5,10H2,1-4H3. The Morgan fingerprint density at radius 1 is 1.31 bits per heavy atom. The Balaban J connectivity index is 2.83.